The van der Waals surface area contributed by atoms with Crippen LogP contribution in [0.2, 0.25) is 0 Å². The molecular weight excluding hydrogens is 338 g/mol. The maximum atomic E-state index is 11.8. The van der Waals surface area contributed by atoms with Crippen molar-refractivity contribution in [2.75, 3.05) is 12.5 Å². The van der Waals surface area contributed by atoms with Crippen LogP contribution in [0, 0.1) is 0 Å². The Kier molecular flexibility index (Phi) is 3.49. The van der Waals surface area contributed by atoms with E-state index in [9.17, 15) is 16.8 Å². The van der Waals surface area contributed by atoms with E-state index >= 15 is 0 Å². The van der Waals surface area contributed by atoms with Gasteiger partial charge in [0.1, 0.15) is 0 Å². The maximum absolute atomic E-state index is 11.8. The van der Waals surface area contributed by atoms with Crippen molar-refractivity contribution in [2.24, 2.45) is 0 Å². The fraction of sp³-hybridized carbons (Fsp3) is 0.143. The van der Waals surface area contributed by atoms with Crippen LogP contribution in [0.4, 0.5) is 0 Å². The predicted molar refractivity (Wildman–Crippen MR) is 88.1 cm³/mol. The molecule has 0 saturated heterocycles. The van der Waals surface area contributed by atoms with E-state index in [-0.39, 0.29) is 0 Å². The predicted octanol–water partition coefficient (Wildman–Crippen LogP) is 1.57. The number of hydrogen-bond donors (Lipinski definition) is 1. The summed E-state index contributed by atoms with van der Waals surface area (Å²) in [7, 11) is -6.84. The summed E-state index contributed by atoms with van der Waals surface area (Å²) in [6.07, 6.45) is 5.17. The average molecular weight is 353 g/mol. The van der Waals surface area contributed by atoms with E-state index in [2.05, 4.69) is 4.98 Å². The van der Waals surface area contributed by atoms with Crippen molar-refractivity contribution in [3.8, 4) is 22.8 Å². The van der Waals surface area contributed by atoms with Crippen LogP contribution in [-0.2, 0) is 20.0 Å². The van der Waals surface area contributed by atoms with Gasteiger partial charge in [-0.25, -0.2) is 24.8 Å². The van der Waals surface area contributed by atoms with Gasteiger partial charge in [-0.2, -0.15) is 0 Å². The van der Waals surface area contributed by atoms with Gasteiger partial charge in [0.2, 0.25) is 20.0 Å². The van der Waals surface area contributed by atoms with Crippen molar-refractivity contribution >= 4 is 20.0 Å². The second-order valence-electron chi connectivity index (χ2n) is 5.19. The Morgan fingerprint density at radius 1 is 0.739 bits per heavy atom. The zero-order valence-electron chi connectivity index (χ0n) is 12.5. The lowest BCUT2D eigenvalue weighted by atomic mass is 10.3. The van der Waals surface area contributed by atoms with Crippen molar-refractivity contribution in [3.63, 3.8) is 0 Å². The molecule has 23 heavy (non-hydrogen) atoms. The average Bonchev–Trinajstić information content (AvgIpc) is 3.16. The van der Waals surface area contributed by atoms with Gasteiger partial charge < -0.3 is 4.98 Å². The van der Waals surface area contributed by atoms with Crippen LogP contribution in [0.25, 0.3) is 22.8 Å². The van der Waals surface area contributed by atoms with Crippen LogP contribution in [0.5, 0.6) is 0 Å². The molecule has 3 aromatic rings. The van der Waals surface area contributed by atoms with Gasteiger partial charge in [-0.1, -0.05) is 0 Å². The molecule has 0 spiro atoms. The topological polar surface area (TPSA) is 93.9 Å². The molecule has 0 saturated carbocycles. The van der Waals surface area contributed by atoms with Gasteiger partial charge in [-0.05, 0) is 36.4 Å². The summed E-state index contributed by atoms with van der Waals surface area (Å²) in [4.78, 5) is 3.07. The number of nitrogens with zero attached hydrogens (tertiary/aromatic N) is 2. The molecule has 9 heteroatoms. The summed E-state index contributed by atoms with van der Waals surface area (Å²) < 4.78 is 49.4. The van der Waals surface area contributed by atoms with Gasteiger partial charge in [-0.3, -0.25) is 0 Å². The molecule has 0 aliphatic carbocycles. The second kappa shape index (κ2) is 5.14. The zero-order chi connectivity index (χ0) is 16.8. The molecule has 0 fully saturated rings. The Labute approximate surface area is 134 Å². The first-order chi connectivity index (χ1) is 10.7. The molecule has 0 bridgehead atoms. The SMILES string of the molecule is CS(=O)(=O)n1cccc1-c1ccc(-c2cccn2S(C)(=O)=O)[nH]1. The van der Waals surface area contributed by atoms with Gasteiger partial charge in [-0.15, -0.1) is 0 Å². The fourth-order valence-corrected chi connectivity index (χ4v) is 4.04. The summed E-state index contributed by atoms with van der Waals surface area (Å²) in [5.74, 6) is 0. The monoisotopic (exact) mass is 353 g/mol. The fourth-order valence-electron chi connectivity index (χ4n) is 2.42. The molecule has 0 unspecified atom stereocenters. The number of H-pyrrole nitrogens is 1. The van der Waals surface area contributed by atoms with Gasteiger partial charge in [0, 0.05) is 12.4 Å². The lowest BCUT2D eigenvalue weighted by Gasteiger charge is -2.06. The Morgan fingerprint density at radius 3 is 1.48 bits per heavy atom. The molecule has 0 aliphatic rings. The zero-order valence-corrected chi connectivity index (χ0v) is 14.1. The van der Waals surface area contributed by atoms with Crippen LogP contribution < -0.4 is 0 Å². The molecule has 1 N–H and O–H groups in total. The summed E-state index contributed by atoms with van der Waals surface area (Å²) >= 11 is 0. The summed E-state index contributed by atoms with van der Waals surface area (Å²) in [6.45, 7) is 0. The molecule has 7 nitrogen and oxygen atoms in total. The third-order valence-corrected chi connectivity index (χ3v) is 5.44. The quantitative estimate of drug-likeness (QED) is 0.770. The van der Waals surface area contributed by atoms with E-state index in [1.54, 1.807) is 36.4 Å². The smallest absolute Gasteiger partial charge is 0.236 e. The first-order valence-electron chi connectivity index (χ1n) is 6.63. The third kappa shape index (κ3) is 2.84. The van der Waals surface area contributed by atoms with Gasteiger partial charge in [0.15, 0.2) is 0 Å². The minimum Gasteiger partial charge on any atom is -0.352 e. The Balaban J connectivity index is 2.10. The van der Waals surface area contributed by atoms with E-state index in [4.69, 9.17) is 0 Å². The summed E-state index contributed by atoms with van der Waals surface area (Å²) in [5.41, 5.74) is 2.13. The molecule has 3 heterocycles. The van der Waals surface area contributed by atoms with Crippen LogP contribution in [-0.4, -0.2) is 42.3 Å². The summed E-state index contributed by atoms with van der Waals surface area (Å²) in [6, 6.07) is 10.0. The highest BCUT2D eigenvalue weighted by Gasteiger charge is 2.16. The lowest BCUT2D eigenvalue weighted by Crippen LogP contribution is -2.10. The Morgan fingerprint density at radius 2 is 1.13 bits per heavy atom. The molecule has 122 valence electrons. The van der Waals surface area contributed by atoms with Crippen LogP contribution in [0.1, 0.15) is 0 Å². The van der Waals surface area contributed by atoms with Crippen molar-refractivity contribution < 1.29 is 16.8 Å². The van der Waals surface area contributed by atoms with Crippen molar-refractivity contribution in [1.82, 2.24) is 12.9 Å². The normalized spacial score (nSPS) is 12.6. The third-order valence-electron chi connectivity index (χ3n) is 3.38. The molecule has 3 aromatic heterocycles. The highest BCUT2D eigenvalue weighted by atomic mass is 32.2. The van der Waals surface area contributed by atoms with Crippen LogP contribution in [0.3, 0.4) is 0 Å². The second-order valence-corrected chi connectivity index (χ2v) is 8.91. The number of aromatic amines is 1. The van der Waals surface area contributed by atoms with Crippen molar-refractivity contribution in [3.05, 3.63) is 48.8 Å². The number of rotatable bonds is 4. The largest absolute Gasteiger partial charge is 0.352 e. The molecule has 0 aliphatic heterocycles. The van der Waals surface area contributed by atoms with E-state index in [0.29, 0.717) is 22.8 Å². The molecule has 0 atom stereocenters. The number of nitrogens with one attached hydrogen (secondary N) is 1. The molecule has 0 radical (unpaired) electrons. The van der Waals surface area contributed by atoms with Crippen LogP contribution >= 0.6 is 0 Å². The van der Waals surface area contributed by atoms with E-state index in [0.717, 1.165) is 20.5 Å². The minimum atomic E-state index is -3.42. The molecule has 0 amide bonds. The van der Waals surface area contributed by atoms with E-state index in [1.165, 1.54) is 12.4 Å². The van der Waals surface area contributed by atoms with Gasteiger partial charge >= 0.3 is 0 Å². The first-order valence-corrected chi connectivity index (χ1v) is 10.3. The Bertz CT molecular complexity index is 984. The van der Waals surface area contributed by atoms with Crippen molar-refractivity contribution in [1.29, 1.82) is 0 Å². The molecule has 3 rings (SSSR count). The lowest BCUT2D eigenvalue weighted by molar-refractivity contribution is 0.592. The minimum absolute atomic E-state index is 0.483. The standard InChI is InChI=1S/C14H15N3O4S2/c1-22(18,19)16-9-3-5-13(16)11-7-8-12(15-11)14-6-4-10-17(14)23(2,20)21/h3-10,15H,1-2H3. The van der Waals surface area contributed by atoms with E-state index in [1.807, 2.05) is 0 Å². The maximum Gasteiger partial charge on any atom is 0.236 e. The summed E-state index contributed by atoms with van der Waals surface area (Å²) in [5, 5.41) is 0. The highest BCUT2D eigenvalue weighted by Crippen LogP contribution is 2.26. The van der Waals surface area contributed by atoms with Gasteiger partial charge in [0.05, 0.1) is 35.3 Å². The Hall–Kier alpha value is -2.26. The van der Waals surface area contributed by atoms with Gasteiger partial charge in [0.25, 0.3) is 0 Å². The molecular formula is C14H15N3O4S2. The van der Waals surface area contributed by atoms with E-state index < -0.39 is 20.0 Å². The molecule has 0 aromatic carbocycles. The first kappa shape index (κ1) is 15.6. The number of aromatic nitrogens is 3. The van der Waals surface area contributed by atoms with Crippen LogP contribution in [0.15, 0.2) is 48.8 Å². The van der Waals surface area contributed by atoms with Crippen molar-refractivity contribution in [2.45, 2.75) is 0 Å². The highest BCUT2D eigenvalue weighted by molar-refractivity contribution is 7.89. The number of hydrogen-bond acceptors (Lipinski definition) is 4.